The molecule has 0 aliphatic carbocycles. The van der Waals surface area contributed by atoms with Crippen LogP contribution in [0, 0.1) is 0 Å². The molecule has 0 bridgehead atoms. The van der Waals surface area contributed by atoms with Crippen molar-refractivity contribution in [1.29, 1.82) is 0 Å². The molecule has 1 aliphatic rings. The molecule has 0 aromatic rings. The number of carbonyl (C=O) groups is 1. The molecule has 1 saturated heterocycles. The lowest BCUT2D eigenvalue weighted by Gasteiger charge is -2.20. The summed E-state index contributed by atoms with van der Waals surface area (Å²) < 4.78 is 5.20. The van der Waals surface area contributed by atoms with E-state index in [0.717, 1.165) is 19.6 Å². The molecule has 0 aromatic carbocycles. The first-order chi connectivity index (χ1) is 5.22. The van der Waals surface area contributed by atoms with Gasteiger partial charge in [-0.3, -0.25) is 9.69 Å². The molecule has 0 aromatic heterocycles. The summed E-state index contributed by atoms with van der Waals surface area (Å²) >= 11 is 0. The van der Waals surface area contributed by atoms with Gasteiger partial charge in [-0.15, -0.1) is 0 Å². The van der Waals surface area contributed by atoms with Gasteiger partial charge < -0.3 is 10.5 Å². The molecule has 0 saturated carbocycles. The largest absolute Gasteiger partial charge is 0.379 e. The van der Waals surface area contributed by atoms with Crippen LogP contribution in [0.2, 0.25) is 0 Å². The number of amides is 1. The molecule has 0 spiro atoms. The number of nitrogens with zero attached hydrogens (tertiary/aromatic N) is 1. The van der Waals surface area contributed by atoms with Crippen LogP contribution >= 0.6 is 0 Å². The molecular weight excluding hydrogens is 144 g/mol. The third kappa shape index (κ3) is 2.17. The molecule has 0 radical (unpaired) electrons. The normalized spacial score (nSPS) is 27.9. The number of hydrogen-bond donors (Lipinski definition) is 1. The Hall–Kier alpha value is -0.610. The fourth-order valence-corrected chi connectivity index (χ4v) is 1.19. The second-order valence-corrected chi connectivity index (χ2v) is 2.83. The standard InChI is InChI=1S/C7H14N2O2/c1-9-3-2-4-11-5-6(9)7(8)10/h6H,2-5H2,1H3,(H2,8,10)/t6-/m1/s1. The summed E-state index contributed by atoms with van der Waals surface area (Å²) in [6.45, 7) is 2.05. The van der Waals surface area contributed by atoms with E-state index in [4.69, 9.17) is 10.5 Å². The molecule has 2 N–H and O–H groups in total. The van der Waals surface area contributed by atoms with Gasteiger partial charge >= 0.3 is 0 Å². The second-order valence-electron chi connectivity index (χ2n) is 2.83. The molecule has 0 unspecified atom stereocenters. The Morgan fingerprint density at radius 3 is 3.09 bits per heavy atom. The summed E-state index contributed by atoms with van der Waals surface area (Å²) in [5.74, 6) is -0.297. The minimum atomic E-state index is -0.297. The maximum Gasteiger partial charge on any atom is 0.237 e. The Balaban J connectivity index is 2.52. The van der Waals surface area contributed by atoms with Gasteiger partial charge in [0, 0.05) is 13.2 Å². The predicted octanol–water partition coefficient (Wildman–Crippen LogP) is -0.808. The lowest BCUT2D eigenvalue weighted by Crippen LogP contribution is -2.44. The van der Waals surface area contributed by atoms with E-state index >= 15 is 0 Å². The van der Waals surface area contributed by atoms with E-state index in [9.17, 15) is 4.79 Å². The van der Waals surface area contributed by atoms with Gasteiger partial charge in [-0.25, -0.2) is 0 Å². The SMILES string of the molecule is CN1CCCOC[C@@H]1C(N)=O. The van der Waals surface area contributed by atoms with E-state index in [1.165, 1.54) is 0 Å². The predicted molar refractivity (Wildman–Crippen MR) is 41.0 cm³/mol. The number of carbonyl (C=O) groups excluding carboxylic acids is 1. The Morgan fingerprint density at radius 2 is 2.45 bits per heavy atom. The van der Waals surface area contributed by atoms with Crippen LogP contribution in [0.4, 0.5) is 0 Å². The van der Waals surface area contributed by atoms with Gasteiger partial charge in [0.2, 0.25) is 5.91 Å². The molecule has 64 valence electrons. The Morgan fingerprint density at radius 1 is 1.73 bits per heavy atom. The molecule has 4 nitrogen and oxygen atoms in total. The van der Waals surface area contributed by atoms with E-state index in [1.54, 1.807) is 0 Å². The zero-order valence-electron chi connectivity index (χ0n) is 6.75. The lowest BCUT2D eigenvalue weighted by atomic mass is 10.2. The van der Waals surface area contributed by atoms with Gasteiger partial charge in [-0.2, -0.15) is 0 Å². The van der Waals surface area contributed by atoms with Crippen molar-refractivity contribution >= 4 is 5.91 Å². The van der Waals surface area contributed by atoms with Crippen molar-refractivity contribution in [2.75, 3.05) is 26.8 Å². The highest BCUT2D eigenvalue weighted by Gasteiger charge is 2.22. The molecule has 4 heteroatoms. The van der Waals surface area contributed by atoms with Crippen LogP contribution in [0.25, 0.3) is 0 Å². The fraction of sp³-hybridized carbons (Fsp3) is 0.857. The fourth-order valence-electron chi connectivity index (χ4n) is 1.19. The van der Waals surface area contributed by atoms with Crippen molar-refractivity contribution in [2.24, 2.45) is 5.73 Å². The summed E-state index contributed by atoms with van der Waals surface area (Å²) in [6.07, 6.45) is 0.972. The first-order valence-corrected chi connectivity index (χ1v) is 3.79. The summed E-state index contributed by atoms with van der Waals surface area (Å²) in [4.78, 5) is 12.8. The highest BCUT2D eigenvalue weighted by molar-refractivity contribution is 5.80. The average Bonchev–Trinajstić information content (AvgIpc) is 2.13. The summed E-state index contributed by atoms with van der Waals surface area (Å²) in [7, 11) is 1.89. The monoisotopic (exact) mass is 158 g/mol. The van der Waals surface area contributed by atoms with Gasteiger partial charge in [0.1, 0.15) is 6.04 Å². The van der Waals surface area contributed by atoms with E-state index in [2.05, 4.69) is 0 Å². The maximum atomic E-state index is 10.8. The Kier molecular flexibility index (Phi) is 2.84. The molecule has 11 heavy (non-hydrogen) atoms. The number of ether oxygens (including phenoxy) is 1. The molecule has 1 heterocycles. The number of nitrogens with two attached hydrogens (primary N) is 1. The van der Waals surface area contributed by atoms with Crippen molar-refractivity contribution in [3.8, 4) is 0 Å². The van der Waals surface area contributed by atoms with E-state index in [0.29, 0.717) is 6.61 Å². The minimum absolute atomic E-state index is 0.238. The van der Waals surface area contributed by atoms with Crippen LogP contribution in [-0.2, 0) is 9.53 Å². The van der Waals surface area contributed by atoms with E-state index in [-0.39, 0.29) is 11.9 Å². The van der Waals surface area contributed by atoms with Gasteiger partial charge in [-0.1, -0.05) is 0 Å². The molecular formula is C7H14N2O2. The summed E-state index contributed by atoms with van der Waals surface area (Å²) in [5, 5.41) is 0. The number of likely N-dealkylation sites (N-methyl/N-ethyl adjacent to an activating group) is 1. The van der Waals surface area contributed by atoms with Crippen molar-refractivity contribution in [1.82, 2.24) is 4.90 Å². The number of rotatable bonds is 1. The molecule has 1 amide bonds. The van der Waals surface area contributed by atoms with Crippen LogP contribution in [-0.4, -0.2) is 43.7 Å². The van der Waals surface area contributed by atoms with Crippen molar-refractivity contribution in [3.63, 3.8) is 0 Å². The summed E-state index contributed by atoms with van der Waals surface area (Å²) in [6, 6.07) is -0.238. The van der Waals surface area contributed by atoms with Crippen LogP contribution in [0.15, 0.2) is 0 Å². The molecule has 1 aliphatic heterocycles. The summed E-state index contributed by atoms with van der Waals surface area (Å²) in [5.41, 5.74) is 5.17. The smallest absolute Gasteiger partial charge is 0.237 e. The first-order valence-electron chi connectivity index (χ1n) is 3.79. The van der Waals surface area contributed by atoms with Gasteiger partial charge in [0.15, 0.2) is 0 Å². The van der Waals surface area contributed by atoms with Crippen LogP contribution < -0.4 is 5.73 Å². The number of hydrogen-bond acceptors (Lipinski definition) is 3. The average molecular weight is 158 g/mol. The van der Waals surface area contributed by atoms with Crippen molar-refractivity contribution < 1.29 is 9.53 Å². The minimum Gasteiger partial charge on any atom is -0.379 e. The van der Waals surface area contributed by atoms with Gasteiger partial charge in [0.25, 0.3) is 0 Å². The third-order valence-electron chi connectivity index (χ3n) is 1.94. The Bertz CT molecular complexity index is 149. The highest BCUT2D eigenvalue weighted by atomic mass is 16.5. The van der Waals surface area contributed by atoms with Gasteiger partial charge in [0.05, 0.1) is 6.61 Å². The maximum absolute atomic E-state index is 10.8. The topological polar surface area (TPSA) is 55.6 Å². The van der Waals surface area contributed by atoms with Gasteiger partial charge in [-0.05, 0) is 13.5 Å². The quantitative estimate of drug-likeness (QED) is 0.543. The van der Waals surface area contributed by atoms with Crippen molar-refractivity contribution in [3.05, 3.63) is 0 Å². The zero-order chi connectivity index (χ0) is 8.27. The van der Waals surface area contributed by atoms with E-state index in [1.807, 2.05) is 11.9 Å². The zero-order valence-corrected chi connectivity index (χ0v) is 6.75. The molecule has 1 rings (SSSR count). The molecule has 1 fully saturated rings. The number of primary amides is 1. The first kappa shape index (κ1) is 8.49. The second kappa shape index (κ2) is 3.69. The Labute approximate surface area is 66.3 Å². The lowest BCUT2D eigenvalue weighted by molar-refractivity contribution is -0.124. The molecule has 1 atom stereocenters. The van der Waals surface area contributed by atoms with E-state index < -0.39 is 0 Å². The highest BCUT2D eigenvalue weighted by Crippen LogP contribution is 2.03. The van der Waals surface area contributed by atoms with Crippen molar-refractivity contribution in [2.45, 2.75) is 12.5 Å². The van der Waals surface area contributed by atoms with Crippen LogP contribution in [0.3, 0.4) is 0 Å². The third-order valence-corrected chi connectivity index (χ3v) is 1.94. The van der Waals surface area contributed by atoms with Crippen LogP contribution in [0.5, 0.6) is 0 Å². The van der Waals surface area contributed by atoms with Crippen LogP contribution in [0.1, 0.15) is 6.42 Å².